The van der Waals surface area contributed by atoms with E-state index in [1.165, 1.54) is 44.9 Å². The second-order valence-electron chi connectivity index (χ2n) is 14.6. The van der Waals surface area contributed by atoms with Gasteiger partial charge in [0.1, 0.15) is 36.8 Å². The maximum absolute atomic E-state index is 12.7. The average Bonchev–Trinajstić information content (AvgIpc) is 3.17. The summed E-state index contributed by atoms with van der Waals surface area (Å²) in [5.74, 6) is -2.11. The van der Waals surface area contributed by atoms with Gasteiger partial charge >= 0.3 is 11.9 Å². The number of rotatable bonds is 34. The van der Waals surface area contributed by atoms with E-state index in [-0.39, 0.29) is 19.4 Å². The second-order valence-corrected chi connectivity index (χ2v) is 16.1. The lowest BCUT2D eigenvalue weighted by Gasteiger charge is -2.40. The van der Waals surface area contributed by atoms with Crippen LogP contribution in [0.4, 0.5) is 0 Å². The summed E-state index contributed by atoms with van der Waals surface area (Å²) in [6, 6.07) is 0. The Morgan fingerprint density at radius 2 is 1.14 bits per heavy atom. The Morgan fingerprint density at radius 1 is 0.614 bits per heavy atom. The lowest BCUT2D eigenvalue weighted by Crippen LogP contribution is -2.60. The number of allylic oxidation sites excluding steroid dienone is 10. The highest BCUT2D eigenvalue weighted by Gasteiger charge is 2.46. The third-order valence-electron chi connectivity index (χ3n) is 9.34. The monoisotopic (exact) mass is 826 g/mol. The van der Waals surface area contributed by atoms with E-state index in [0.717, 1.165) is 57.8 Å². The van der Waals surface area contributed by atoms with Gasteiger partial charge in [0.25, 0.3) is 10.1 Å². The zero-order chi connectivity index (χ0) is 42.0. The lowest BCUT2D eigenvalue weighted by atomic mass is 10.00. The van der Waals surface area contributed by atoms with Crippen molar-refractivity contribution < 1.29 is 56.8 Å². The molecule has 0 amide bonds. The highest BCUT2D eigenvalue weighted by Crippen LogP contribution is 2.24. The van der Waals surface area contributed by atoms with Gasteiger partial charge in [0.15, 0.2) is 12.4 Å². The summed E-state index contributed by atoms with van der Waals surface area (Å²) >= 11 is 0. The van der Waals surface area contributed by atoms with E-state index in [1.807, 2.05) is 18.2 Å². The third-order valence-corrected chi connectivity index (χ3v) is 10.1. The Labute approximate surface area is 343 Å². The van der Waals surface area contributed by atoms with E-state index >= 15 is 0 Å². The molecule has 0 aromatic rings. The van der Waals surface area contributed by atoms with E-state index in [4.69, 9.17) is 18.9 Å². The van der Waals surface area contributed by atoms with Crippen molar-refractivity contribution >= 4 is 22.1 Å². The van der Waals surface area contributed by atoms with E-state index in [9.17, 15) is 37.9 Å². The SMILES string of the molecule is CC/C=C\C/C=C\C/C=C\C/C=C\CCC(=O)OC(COC(=O)CCCCCCC/C=C\CCCCCCCCC)COC1OC(CS(=O)(=O)O)C(O)C(O)C1O. The minimum Gasteiger partial charge on any atom is -0.462 e. The van der Waals surface area contributed by atoms with Crippen LogP contribution in [-0.2, 0) is 38.7 Å². The molecule has 57 heavy (non-hydrogen) atoms. The van der Waals surface area contributed by atoms with Crippen LogP contribution in [0.5, 0.6) is 0 Å². The molecule has 0 bridgehead atoms. The molecule has 1 heterocycles. The van der Waals surface area contributed by atoms with Crippen molar-refractivity contribution in [3.8, 4) is 0 Å². The van der Waals surface area contributed by atoms with Crippen LogP contribution in [0.15, 0.2) is 60.8 Å². The van der Waals surface area contributed by atoms with Gasteiger partial charge in [-0.05, 0) is 64.2 Å². The van der Waals surface area contributed by atoms with Crippen LogP contribution in [0, 0.1) is 0 Å². The number of carbonyl (C=O) groups is 2. The molecule has 12 nitrogen and oxygen atoms in total. The molecule has 328 valence electrons. The van der Waals surface area contributed by atoms with Crippen molar-refractivity contribution in [2.45, 2.75) is 185 Å². The number of carbonyl (C=O) groups excluding carboxylic acids is 2. The van der Waals surface area contributed by atoms with Crippen molar-refractivity contribution in [2.75, 3.05) is 19.0 Å². The number of ether oxygens (including phenoxy) is 4. The van der Waals surface area contributed by atoms with Crippen molar-refractivity contribution in [1.82, 2.24) is 0 Å². The van der Waals surface area contributed by atoms with Crippen LogP contribution in [0.3, 0.4) is 0 Å². The highest BCUT2D eigenvalue weighted by atomic mass is 32.2. The Hall–Kier alpha value is -2.65. The number of aliphatic hydroxyl groups is 3. The van der Waals surface area contributed by atoms with Gasteiger partial charge in [0.05, 0.1) is 6.61 Å². The van der Waals surface area contributed by atoms with Crippen molar-refractivity contribution in [3.63, 3.8) is 0 Å². The molecule has 0 aromatic heterocycles. The molecule has 1 aliphatic heterocycles. The zero-order valence-corrected chi connectivity index (χ0v) is 35.5. The second kappa shape index (κ2) is 34.2. The minimum absolute atomic E-state index is 0.0392. The van der Waals surface area contributed by atoms with Crippen LogP contribution in [0.25, 0.3) is 0 Å². The Kier molecular flexibility index (Phi) is 31.5. The molecular weight excluding hydrogens is 753 g/mol. The van der Waals surface area contributed by atoms with Crippen molar-refractivity contribution in [3.05, 3.63) is 60.8 Å². The summed E-state index contributed by atoms with van der Waals surface area (Å²) in [7, 11) is -4.61. The average molecular weight is 827 g/mol. The normalized spacial score (nSPS) is 21.1. The summed E-state index contributed by atoms with van der Waals surface area (Å²) in [5, 5.41) is 30.8. The molecule has 0 aromatic carbocycles. The molecule has 1 saturated heterocycles. The molecule has 6 unspecified atom stereocenters. The van der Waals surface area contributed by atoms with E-state index in [1.54, 1.807) is 0 Å². The minimum atomic E-state index is -4.61. The van der Waals surface area contributed by atoms with Gasteiger partial charge in [0, 0.05) is 12.8 Å². The molecule has 13 heteroatoms. The quantitative estimate of drug-likeness (QED) is 0.0211. The molecule has 6 atom stereocenters. The van der Waals surface area contributed by atoms with Crippen LogP contribution in [0.1, 0.15) is 149 Å². The maximum atomic E-state index is 12.7. The first-order valence-electron chi connectivity index (χ1n) is 21.3. The topological polar surface area (TPSA) is 186 Å². The summed E-state index contributed by atoms with van der Waals surface area (Å²) in [5.41, 5.74) is 0. The van der Waals surface area contributed by atoms with E-state index < -0.39 is 71.2 Å². The molecular formula is C44H74O12S. The van der Waals surface area contributed by atoms with Crippen molar-refractivity contribution in [2.24, 2.45) is 0 Å². The number of aliphatic hydroxyl groups excluding tert-OH is 3. The third kappa shape index (κ3) is 29.2. The van der Waals surface area contributed by atoms with Gasteiger partial charge in [-0.15, -0.1) is 0 Å². The van der Waals surface area contributed by atoms with E-state index in [2.05, 4.69) is 56.4 Å². The van der Waals surface area contributed by atoms with Gasteiger partial charge in [-0.25, -0.2) is 0 Å². The molecule has 4 N–H and O–H groups in total. The number of hydrogen-bond donors (Lipinski definition) is 4. The van der Waals surface area contributed by atoms with Gasteiger partial charge in [-0.1, -0.05) is 132 Å². The zero-order valence-electron chi connectivity index (χ0n) is 34.7. The first-order valence-corrected chi connectivity index (χ1v) is 23.0. The summed E-state index contributed by atoms with van der Waals surface area (Å²) in [6.07, 6.45) is 31.5. The Bertz CT molecular complexity index is 1290. The van der Waals surface area contributed by atoms with Crippen LogP contribution < -0.4 is 0 Å². The van der Waals surface area contributed by atoms with Crippen LogP contribution >= 0.6 is 0 Å². The van der Waals surface area contributed by atoms with Gasteiger partial charge in [-0.2, -0.15) is 8.42 Å². The van der Waals surface area contributed by atoms with Gasteiger partial charge in [0.2, 0.25) is 0 Å². The Morgan fingerprint density at radius 3 is 1.72 bits per heavy atom. The summed E-state index contributed by atoms with van der Waals surface area (Å²) in [4.78, 5) is 25.3. The predicted molar refractivity (Wildman–Crippen MR) is 224 cm³/mol. The molecule has 0 spiro atoms. The molecule has 1 aliphatic rings. The standard InChI is InChI=1S/C44H74O12S/c1-3-5-7-9-11-13-15-17-18-19-21-22-24-26-28-30-32-39(45)53-34-37(35-54-44-43(49)42(48)41(47)38(56-44)36-57(50,51)52)55-40(46)33-31-29-27-25-23-20-16-14-12-10-8-6-4-2/h6,8,12,14,18-20,23,27,29,37-38,41-44,47-49H,3-5,7,9-11,13,15-17,21-22,24-26,28,30-36H2,1-2H3,(H,50,51,52)/b8-6-,14-12-,19-18-,23-20-,29-27-. The first kappa shape index (κ1) is 52.4. The molecule has 0 aliphatic carbocycles. The number of unbranched alkanes of at least 4 members (excludes halogenated alkanes) is 12. The van der Waals surface area contributed by atoms with Crippen LogP contribution in [-0.4, -0.2) is 96.0 Å². The Balaban J connectivity index is 2.52. The molecule has 0 saturated carbocycles. The maximum Gasteiger partial charge on any atom is 0.306 e. The number of esters is 2. The lowest BCUT2D eigenvalue weighted by molar-refractivity contribution is -0.297. The predicted octanol–water partition coefficient (Wildman–Crippen LogP) is 8.17. The number of hydrogen-bond acceptors (Lipinski definition) is 11. The first-order chi connectivity index (χ1) is 27.5. The fourth-order valence-electron chi connectivity index (χ4n) is 6.04. The largest absolute Gasteiger partial charge is 0.462 e. The van der Waals surface area contributed by atoms with Crippen LogP contribution in [0.2, 0.25) is 0 Å². The fraction of sp³-hybridized carbons (Fsp3) is 0.727. The fourth-order valence-corrected chi connectivity index (χ4v) is 6.73. The summed E-state index contributed by atoms with van der Waals surface area (Å²) < 4.78 is 53.8. The smallest absolute Gasteiger partial charge is 0.306 e. The molecule has 1 fully saturated rings. The van der Waals surface area contributed by atoms with E-state index in [0.29, 0.717) is 19.3 Å². The van der Waals surface area contributed by atoms with Gasteiger partial charge in [-0.3, -0.25) is 14.1 Å². The highest BCUT2D eigenvalue weighted by molar-refractivity contribution is 7.85. The van der Waals surface area contributed by atoms with Gasteiger partial charge < -0.3 is 34.3 Å². The molecule has 0 radical (unpaired) electrons. The van der Waals surface area contributed by atoms with Crippen molar-refractivity contribution in [1.29, 1.82) is 0 Å². The molecule has 1 rings (SSSR count). The summed E-state index contributed by atoms with van der Waals surface area (Å²) in [6.45, 7) is 3.55.